The molecule has 0 saturated heterocycles. The number of amides is 1. The Balaban J connectivity index is 1.63. The summed E-state index contributed by atoms with van der Waals surface area (Å²) in [5, 5.41) is 14.6. The van der Waals surface area contributed by atoms with Gasteiger partial charge in [-0.15, -0.1) is 10.2 Å². The molecule has 1 unspecified atom stereocenters. The van der Waals surface area contributed by atoms with Gasteiger partial charge in [0.25, 0.3) is 0 Å². The van der Waals surface area contributed by atoms with Crippen molar-refractivity contribution in [3.63, 3.8) is 0 Å². The Labute approximate surface area is 179 Å². The number of carbonyl (C=O) groups is 1. The van der Waals surface area contributed by atoms with E-state index < -0.39 is 5.25 Å². The molecule has 0 aliphatic rings. The minimum atomic E-state index is -0.466. The van der Waals surface area contributed by atoms with E-state index in [2.05, 4.69) is 46.7 Å². The van der Waals surface area contributed by atoms with Crippen molar-refractivity contribution in [1.82, 2.24) is 20.0 Å². The molecule has 2 aromatic heterocycles. The van der Waals surface area contributed by atoms with Crippen LogP contribution in [0.2, 0.25) is 0 Å². The number of rotatable bonds is 8. The number of benzene rings is 1. The van der Waals surface area contributed by atoms with Gasteiger partial charge in [-0.3, -0.25) is 4.79 Å². The molecule has 3 aromatic rings. The first kappa shape index (κ1) is 21.7. The maximum absolute atomic E-state index is 12.4. The lowest BCUT2D eigenvalue weighted by Crippen LogP contribution is -2.24. The van der Waals surface area contributed by atoms with E-state index in [4.69, 9.17) is 15.1 Å². The van der Waals surface area contributed by atoms with Crippen molar-refractivity contribution in [3.8, 4) is 5.75 Å². The Morgan fingerprint density at radius 1 is 1.27 bits per heavy atom. The fourth-order valence-corrected chi connectivity index (χ4v) is 3.53. The number of ether oxygens (including phenoxy) is 1. The van der Waals surface area contributed by atoms with E-state index >= 15 is 0 Å². The lowest BCUT2D eigenvalue weighted by atomic mass is 10.0. The van der Waals surface area contributed by atoms with Crippen molar-refractivity contribution < 1.29 is 14.1 Å². The quantitative estimate of drug-likeness (QED) is 0.412. The summed E-state index contributed by atoms with van der Waals surface area (Å²) in [5.74, 6) is 8.47. The molecule has 0 aliphatic carbocycles. The van der Waals surface area contributed by atoms with Gasteiger partial charge in [-0.25, -0.2) is 4.68 Å². The Morgan fingerprint density at radius 2 is 2.03 bits per heavy atom. The number of nitrogens with one attached hydrogen (secondary N) is 1. The standard InChI is InChI=1S/C20H26N6O3S/c1-11(2)15-7-6-12(3)8-16(15)28-10-18-23-24-20(26(18)21)30-14(5)19(27)22-17-9-13(4)29-25-17/h6-9,11,14H,10,21H2,1-5H3,(H,22,25,27). The van der Waals surface area contributed by atoms with E-state index in [1.807, 2.05) is 13.0 Å². The third-order valence-corrected chi connectivity index (χ3v) is 5.47. The molecule has 0 radical (unpaired) electrons. The first-order valence-corrected chi connectivity index (χ1v) is 10.5. The van der Waals surface area contributed by atoms with Crippen LogP contribution in [0.3, 0.4) is 0 Å². The molecule has 9 nitrogen and oxygen atoms in total. The normalized spacial score (nSPS) is 12.2. The van der Waals surface area contributed by atoms with Gasteiger partial charge >= 0.3 is 0 Å². The average Bonchev–Trinajstić information content (AvgIpc) is 3.25. The minimum absolute atomic E-state index is 0.173. The predicted octanol–water partition coefficient (Wildman–Crippen LogP) is 3.42. The molecule has 30 heavy (non-hydrogen) atoms. The second-order valence-corrected chi connectivity index (χ2v) is 8.63. The lowest BCUT2D eigenvalue weighted by molar-refractivity contribution is -0.115. The van der Waals surface area contributed by atoms with Gasteiger partial charge in [-0.1, -0.05) is 42.9 Å². The summed E-state index contributed by atoms with van der Waals surface area (Å²) in [6.07, 6.45) is 0. The Bertz CT molecular complexity index is 1030. The monoisotopic (exact) mass is 430 g/mol. The third-order valence-electron chi connectivity index (χ3n) is 4.41. The maximum Gasteiger partial charge on any atom is 0.238 e. The number of hydrogen-bond donors (Lipinski definition) is 2. The van der Waals surface area contributed by atoms with E-state index in [0.717, 1.165) is 16.9 Å². The van der Waals surface area contributed by atoms with Gasteiger partial charge in [0.2, 0.25) is 11.1 Å². The number of anilines is 1. The lowest BCUT2D eigenvalue weighted by Gasteiger charge is -2.14. The van der Waals surface area contributed by atoms with Crippen LogP contribution in [0.5, 0.6) is 5.75 Å². The van der Waals surface area contributed by atoms with Crippen LogP contribution in [0.15, 0.2) is 33.9 Å². The van der Waals surface area contributed by atoms with E-state index in [9.17, 15) is 4.79 Å². The number of aromatic nitrogens is 4. The molecule has 1 aromatic carbocycles. The molecule has 160 valence electrons. The summed E-state index contributed by atoms with van der Waals surface area (Å²) in [6, 6.07) is 7.78. The van der Waals surface area contributed by atoms with Crippen molar-refractivity contribution in [3.05, 3.63) is 47.0 Å². The fraction of sp³-hybridized carbons (Fsp3) is 0.400. The highest BCUT2D eigenvalue weighted by Gasteiger charge is 2.21. The molecule has 0 bridgehead atoms. The number of nitrogen functional groups attached to an aromatic ring is 1. The highest BCUT2D eigenvalue weighted by molar-refractivity contribution is 8.00. The van der Waals surface area contributed by atoms with Crippen molar-refractivity contribution in [2.75, 3.05) is 11.2 Å². The van der Waals surface area contributed by atoms with Gasteiger partial charge in [-0.2, -0.15) is 0 Å². The number of aryl methyl sites for hydroxylation is 2. The van der Waals surface area contributed by atoms with Crippen LogP contribution in [-0.2, 0) is 11.4 Å². The molecule has 0 aliphatic heterocycles. The Morgan fingerprint density at radius 3 is 2.70 bits per heavy atom. The molecule has 10 heteroatoms. The third kappa shape index (κ3) is 5.12. The van der Waals surface area contributed by atoms with Gasteiger partial charge in [-0.05, 0) is 43.9 Å². The molecule has 3 rings (SSSR count). The summed E-state index contributed by atoms with van der Waals surface area (Å²) < 4.78 is 12.3. The van der Waals surface area contributed by atoms with Crippen molar-refractivity contribution >= 4 is 23.5 Å². The van der Waals surface area contributed by atoms with E-state index in [-0.39, 0.29) is 12.5 Å². The zero-order chi connectivity index (χ0) is 21.8. The molecule has 0 spiro atoms. The predicted molar refractivity (Wildman–Crippen MR) is 115 cm³/mol. The average molecular weight is 431 g/mol. The summed E-state index contributed by atoms with van der Waals surface area (Å²) >= 11 is 1.20. The number of thioether (sulfide) groups is 1. The molecule has 1 amide bonds. The molecule has 0 saturated carbocycles. The molecule has 1 atom stereocenters. The Kier molecular flexibility index (Phi) is 6.66. The summed E-state index contributed by atoms with van der Waals surface area (Å²) in [4.78, 5) is 12.4. The van der Waals surface area contributed by atoms with Gasteiger partial charge in [0.05, 0.1) is 5.25 Å². The van der Waals surface area contributed by atoms with Gasteiger partial charge < -0.3 is 20.4 Å². The summed E-state index contributed by atoms with van der Waals surface area (Å²) in [6.45, 7) is 9.92. The van der Waals surface area contributed by atoms with E-state index in [1.165, 1.54) is 16.4 Å². The number of hydrogen-bond acceptors (Lipinski definition) is 8. The van der Waals surface area contributed by atoms with Crippen LogP contribution in [0, 0.1) is 13.8 Å². The molecule has 0 fully saturated rings. The molecular weight excluding hydrogens is 404 g/mol. The van der Waals surface area contributed by atoms with Crippen molar-refractivity contribution in [1.29, 1.82) is 0 Å². The van der Waals surface area contributed by atoms with Crippen LogP contribution in [0.25, 0.3) is 0 Å². The molecule has 3 N–H and O–H groups in total. The summed E-state index contributed by atoms with van der Waals surface area (Å²) in [5.41, 5.74) is 2.23. The number of carbonyl (C=O) groups excluding carboxylic acids is 1. The first-order chi connectivity index (χ1) is 14.2. The second-order valence-electron chi connectivity index (χ2n) is 7.33. The fourth-order valence-electron chi connectivity index (χ4n) is 2.74. The van der Waals surface area contributed by atoms with Crippen molar-refractivity contribution in [2.45, 2.75) is 57.5 Å². The van der Waals surface area contributed by atoms with E-state index in [1.54, 1.807) is 19.9 Å². The van der Waals surface area contributed by atoms with Crippen LogP contribution in [0.1, 0.15) is 49.4 Å². The first-order valence-electron chi connectivity index (χ1n) is 9.58. The Hall–Kier alpha value is -3.01. The van der Waals surface area contributed by atoms with Crippen LogP contribution in [-0.4, -0.2) is 31.2 Å². The van der Waals surface area contributed by atoms with Crippen molar-refractivity contribution in [2.24, 2.45) is 0 Å². The maximum atomic E-state index is 12.4. The highest BCUT2D eigenvalue weighted by atomic mass is 32.2. The molecule has 2 heterocycles. The summed E-state index contributed by atoms with van der Waals surface area (Å²) in [7, 11) is 0. The smallest absolute Gasteiger partial charge is 0.238 e. The van der Waals surface area contributed by atoms with Gasteiger partial charge in [0, 0.05) is 6.07 Å². The topological polar surface area (TPSA) is 121 Å². The van der Waals surface area contributed by atoms with Crippen LogP contribution >= 0.6 is 11.8 Å². The minimum Gasteiger partial charge on any atom is -0.485 e. The SMILES string of the molecule is Cc1ccc(C(C)C)c(OCc2nnc(SC(C)C(=O)Nc3cc(C)on3)n2N)c1. The number of nitrogens with two attached hydrogens (primary N) is 1. The largest absolute Gasteiger partial charge is 0.485 e. The van der Waals surface area contributed by atoms with Gasteiger partial charge in [0.15, 0.2) is 11.6 Å². The molecular formula is C20H26N6O3S. The van der Waals surface area contributed by atoms with Gasteiger partial charge in [0.1, 0.15) is 18.1 Å². The highest BCUT2D eigenvalue weighted by Crippen LogP contribution is 2.28. The van der Waals surface area contributed by atoms with Crippen LogP contribution in [0.4, 0.5) is 5.82 Å². The number of nitrogens with zero attached hydrogens (tertiary/aromatic N) is 4. The van der Waals surface area contributed by atoms with E-state index in [0.29, 0.717) is 28.5 Å². The second kappa shape index (κ2) is 9.21. The van der Waals surface area contributed by atoms with Crippen LogP contribution < -0.4 is 15.9 Å². The zero-order valence-electron chi connectivity index (χ0n) is 17.7. The zero-order valence-corrected chi connectivity index (χ0v) is 18.5.